The monoisotopic (exact) mass is 170 g/mol. The molecular weight excluding hydrogens is 152 g/mol. The van der Waals surface area contributed by atoms with E-state index in [9.17, 15) is 9.59 Å². The van der Waals surface area contributed by atoms with E-state index in [-0.39, 0.29) is 10.8 Å². The molecule has 0 radical (unpaired) electrons. The summed E-state index contributed by atoms with van der Waals surface area (Å²) in [7, 11) is 0. The first-order valence-electron chi connectivity index (χ1n) is 4.32. The standard InChI is InChI=1S/C10H18O2/c1-5-10(4,8-12)6-9(2,3)7-11/h7-8H,5-6H2,1-4H3. The molecule has 0 fully saturated rings. The first-order valence-corrected chi connectivity index (χ1v) is 4.32. The molecule has 0 spiro atoms. The van der Waals surface area contributed by atoms with Gasteiger partial charge in [0.2, 0.25) is 0 Å². The molecule has 0 rings (SSSR count). The van der Waals surface area contributed by atoms with Crippen LogP contribution in [-0.2, 0) is 9.59 Å². The van der Waals surface area contributed by atoms with E-state index in [1.54, 1.807) is 0 Å². The summed E-state index contributed by atoms with van der Waals surface area (Å²) in [6.45, 7) is 7.58. The van der Waals surface area contributed by atoms with E-state index in [1.165, 1.54) is 0 Å². The molecule has 2 nitrogen and oxygen atoms in total. The molecule has 12 heavy (non-hydrogen) atoms. The van der Waals surface area contributed by atoms with Gasteiger partial charge in [0.1, 0.15) is 12.6 Å². The van der Waals surface area contributed by atoms with Gasteiger partial charge in [0.05, 0.1) is 0 Å². The Labute approximate surface area is 74.3 Å². The lowest BCUT2D eigenvalue weighted by Gasteiger charge is -2.28. The second-order valence-electron chi connectivity index (χ2n) is 4.41. The normalized spacial score (nSPS) is 16.7. The van der Waals surface area contributed by atoms with E-state index in [2.05, 4.69) is 0 Å². The highest BCUT2D eigenvalue weighted by Gasteiger charge is 2.30. The number of aldehydes is 2. The maximum absolute atomic E-state index is 10.7. The van der Waals surface area contributed by atoms with Crippen LogP contribution in [0.15, 0.2) is 0 Å². The third kappa shape index (κ3) is 3.16. The van der Waals surface area contributed by atoms with Crippen molar-refractivity contribution in [3.63, 3.8) is 0 Å². The summed E-state index contributed by atoms with van der Waals surface area (Å²) < 4.78 is 0. The lowest BCUT2D eigenvalue weighted by molar-refractivity contribution is -0.121. The molecule has 0 aromatic carbocycles. The maximum Gasteiger partial charge on any atom is 0.125 e. The predicted octanol–water partition coefficient (Wildman–Crippen LogP) is 2.22. The summed E-state index contributed by atoms with van der Waals surface area (Å²) in [5.41, 5.74) is -0.726. The molecule has 0 saturated carbocycles. The SMILES string of the molecule is CCC(C)(C=O)CC(C)(C)C=O. The van der Waals surface area contributed by atoms with E-state index < -0.39 is 0 Å². The third-order valence-corrected chi connectivity index (χ3v) is 2.27. The van der Waals surface area contributed by atoms with Crippen molar-refractivity contribution in [2.45, 2.75) is 40.5 Å². The molecule has 0 bridgehead atoms. The molecule has 0 aliphatic carbocycles. The van der Waals surface area contributed by atoms with Crippen molar-refractivity contribution in [2.24, 2.45) is 10.8 Å². The van der Waals surface area contributed by atoms with Gasteiger partial charge in [-0.25, -0.2) is 0 Å². The minimum atomic E-state index is -0.383. The molecule has 70 valence electrons. The van der Waals surface area contributed by atoms with Crippen molar-refractivity contribution in [1.29, 1.82) is 0 Å². The first kappa shape index (κ1) is 11.3. The lowest BCUT2D eigenvalue weighted by atomic mass is 9.74. The zero-order valence-corrected chi connectivity index (χ0v) is 8.39. The Hall–Kier alpha value is -0.660. The summed E-state index contributed by atoms with van der Waals surface area (Å²) in [4.78, 5) is 21.4. The molecule has 1 unspecified atom stereocenters. The molecule has 0 aromatic heterocycles. The number of rotatable bonds is 5. The highest BCUT2D eigenvalue weighted by molar-refractivity contribution is 5.63. The van der Waals surface area contributed by atoms with Crippen molar-refractivity contribution in [1.82, 2.24) is 0 Å². The Morgan fingerprint density at radius 2 is 1.58 bits per heavy atom. The molecule has 2 heteroatoms. The quantitative estimate of drug-likeness (QED) is 0.593. The van der Waals surface area contributed by atoms with Crippen LogP contribution in [0.2, 0.25) is 0 Å². The fourth-order valence-electron chi connectivity index (χ4n) is 1.33. The number of hydrogen-bond acceptors (Lipinski definition) is 2. The molecular formula is C10H18O2. The van der Waals surface area contributed by atoms with E-state index in [0.29, 0.717) is 6.42 Å². The maximum atomic E-state index is 10.7. The van der Waals surface area contributed by atoms with Gasteiger partial charge >= 0.3 is 0 Å². The van der Waals surface area contributed by atoms with Crippen LogP contribution in [0.3, 0.4) is 0 Å². The van der Waals surface area contributed by atoms with Gasteiger partial charge < -0.3 is 9.59 Å². The van der Waals surface area contributed by atoms with E-state index in [1.807, 2.05) is 27.7 Å². The zero-order chi connectivity index (χ0) is 9.83. The van der Waals surface area contributed by atoms with Crippen LogP contribution in [0.1, 0.15) is 40.5 Å². The largest absolute Gasteiger partial charge is 0.303 e. The Kier molecular flexibility index (Phi) is 3.62. The van der Waals surface area contributed by atoms with Crippen molar-refractivity contribution in [3.05, 3.63) is 0 Å². The second kappa shape index (κ2) is 3.83. The van der Waals surface area contributed by atoms with Gasteiger partial charge in [0, 0.05) is 10.8 Å². The average molecular weight is 170 g/mol. The van der Waals surface area contributed by atoms with Gasteiger partial charge in [-0.3, -0.25) is 0 Å². The minimum absolute atomic E-state index is 0.343. The molecule has 0 aliphatic heterocycles. The molecule has 0 saturated heterocycles. The summed E-state index contributed by atoms with van der Waals surface area (Å²) in [5.74, 6) is 0. The van der Waals surface area contributed by atoms with Gasteiger partial charge in [-0.15, -0.1) is 0 Å². The minimum Gasteiger partial charge on any atom is -0.303 e. The number of carbonyl (C=O) groups is 2. The lowest BCUT2D eigenvalue weighted by Crippen LogP contribution is -2.27. The Morgan fingerprint density at radius 1 is 1.08 bits per heavy atom. The Bertz CT molecular complexity index is 173. The summed E-state index contributed by atoms with van der Waals surface area (Å²) >= 11 is 0. The van der Waals surface area contributed by atoms with E-state index in [4.69, 9.17) is 0 Å². The van der Waals surface area contributed by atoms with Crippen LogP contribution < -0.4 is 0 Å². The second-order valence-corrected chi connectivity index (χ2v) is 4.41. The summed E-state index contributed by atoms with van der Waals surface area (Å²) in [5, 5.41) is 0. The van der Waals surface area contributed by atoms with Crippen molar-refractivity contribution >= 4 is 12.6 Å². The zero-order valence-electron chi connectivity index (χ0n) is 8.39. The fourth-order valence-corrected chi connectivity index (χ4v) is 1.33. The van der Waals surface area contributed by atoms with E-state index >= 15 is 0 Å². The smallest absolute Gasteiger partial charge is 0.125 e. The first-order chi connectivity index (χ1) is 5.39. The molecule has 0 N–H and O–H groups in total. The average Bonchev–Trinajstić information content (AvgIpc) is 2.04. The molecule has 0 aliphatic rings. The Balaban J connectivity index is 4.39. The van der Waals surface area contributed by atoms with Gasteiger partial charge in [-0.1, -0.05) is 27.7 Å². The van der Waals surface area contributed by atoms with Crippen LogP contribution in [0.4, 0.5) is 0 Å². The number of carbonyl (C=O) groups excluding carboxylic acids is 2. The van der Waals surface area contributed by atoms with Crippen LogP contribution >= 0.6 is 0 Å². The predicted molar refractivity (Wildman–Crippen MR) is 48.9 cm³/mol. The molecule has 0 aromatic rings. The van der Waals surface area contributed by atoms with Gasteiger partial charge in [-0.05, 0) is 12.8 Å². The van der Waals surface area contributed by atoms with Crippen LogP contribution in [-0.4, -0.2) is 12.6 Å². The van der Waals surface area contributed by atoms with Crippen molar-refractivity contribution < 1.29 is 9.59 Å². The van der Waals surface area contributed by atoms with Gasteiger partial charge in [0.15, 0.2) is 0 Å². The topological polar surface area (TPSA) is 34.1 Å². The van der Waals surface area contributed by atoms with Crippen molar-refractivity contribution in [3.8, 4) is 0 Å². The highest BCUT2D eigenvalue weighted by Crippen LogP contribution is 2.33. The van der Waals surface area contributed by atoms with Crippen molar-refractivity contribution in [2.75, 3.05) is 0 Å². The number of hydrogen-bond donors (Lipinski definition) is 0. The fraction of sp³-hybridized carbons (Fsp3) is 0.800. The van der Waals surface area contributed by atoms with Crippen LogP contribution in [0, 0.1) is 10.8 Å². The molecule has 1 atom stereocenters. The third-order valence-electron chi connectivity index (χ3n) is 2.27. The molecule has 0 heterocycles. The van der Waals surface area contributed by atoms with Gasteiger partial charge in [0.25, 0.3) is 0 Å². The van der Waals surface area contributed by atoms with Gasteiger partial charge in [-0.2, -0.15) is 0 Å². The molecule has 0 amide bonds. The highest BCUT2D eigenvalue weighted by atomic mass is 16.1. The Morgan fingerprint density at radius 3 is 1.83 bits per heavy atom. The van der Waals surface area contributed by atoms with Crippen LogP contribution in [0.25, 0.3) is 0 Å². The summed E-state index contributed by atoms with van der Waals surface area (Å²) in [6, 6.07) is 0. The summed E-state index contributed by atoms with van der Waals surface area (Å²) in [6.07, 6.45) is 3.29. The van der Waals surface area contributed by atoms with Crippen LogP contribution in [0.5, 0.6) is 0 Å². The van der Waals surface area contributed by atoms with E-state index in [0.717, 1.165) is 19.0 Å².